The van der Waals surface area contributed by atoms with Crippen LogP contribution in [0.25, 0.3) is 10.9 Å². The van der Waals surface area contributed by atoms with E-state index in [9.17, 15) is 9.59 Å². The van der Waals surface area contributed by atoms with Gasteiger partial charge in [0, 0.05) is 25.4 Å². The molecule has 3 aromatic carbocycles. The third kappa shape index (κ3) is 5.88. The number of carbonyl (C=O) groups is 1. The van der Waals surface area contributed by atoms with Crippen molar-refractivity contribution < 1.29 is 4.79 Å². The zero-order valence-electron chi connectivity index (χ0n) is 19.1. The Bertz CT molecular complexity index is 1310. The smallest absolute Gasteiger partial charge is 0.262 e. The Morgan fingerprint density at radius 1 is 0.853 bits per heavy atom. The Kier molecular flexibility index (Phi) is 8.04. The van der Waals surface area contributed by atoms with E-state index in [1.165, 1.54) is 11.1 Å². The first kappa shape index (κ1) is 23.6. The van der Waals surface area contributed by atoms with Crippen LogP contribution in [0.1, 0.15) is 42.7 Å². The molecule has 1 heterocycles. The summed E-state index contributed by atoms with van der Waals surface area (Å²) in [5.41, 5.74) is 3.07. The van der Waals surface area contributed by atoms with Crippen LogP contribution in [0.2, 0.25) is 0 Å². The molecule has 0 aliphatic rings. The maximum atomic E-state index is 12.7. The molecule has 1 aromatic heterocycles. The number of benzene rings is 3. The highest BCUT2D eigenvalue weighted by molar-refractivity contribution is 7.71. The van der Waals surface area contributed by atoms with Crippen LogP contribution in [0.4, 0.5) is 0 Å². The zero-order chi connectivity index (χ0) is 23.8. The van der Waals surface area contributed by atoms with E-state index in [0.29, 0.717) is 29.7 Å². The van der Waals surface area contributed by atoms with Crippen LogP contribution in [0.5, 0.6) is 0 Å². The quantitative estimate of drug-likeness (QED) is 0.235. The Morgan fingerprint density at radius 2 is 1.47 bits per heavy atom. The van der Waals surface area contributed by atoms with Gasteiger partial charge in [0.05, 0.1) is 10.9 Å². The van der Waals surface area contributed by atoms with Crippen molar-refractivity contribution in [1.29, 1.82) is 0 Å². The lowest BCUT2D eigenvalue weighted by atomic mass is 9.91. The fraction of sp³-hybridized carbons (Fsp3) is 0.250. The van der Waals surface area contributed by atoms with Gasteiger partial charge in [-0.2, -0.15) is 0 Å². The number of para-hydroxylation sites is 1. The lowest BCUT2D eigenvalue weighted by Gasteiger charge is -2.19. The van der Waals surface area contributed by atoms with Gasteiger partial charge in [0.15, 0.2) is 4.77 Å². The number of unbranched alkanes of at least 4 members (excludes halogenated alkanes) is 2. The van der Waals surface area contributed by atoms with Gasteiger partial charge in [-0.3, -0.25) is 14.2 Å². The van der Waals surface area contributed by atoms with Gasteiger partial charge >= 0.3 is 0 Å². The molecule has 0 bridgehead atoms. The van der Waals surface area contributed by atoms with E-state index in [-0.39, 0.29) is 17.4 Å². The molecule has 0 unspecified atom stereocenters. The highest BCUT2D eigenvalue weighted by atomic mass is 32.1. The summed E-state index contributed by atoms with van der Waals surface area (Å²) in [7, 11) is 0. The third-order valence-corrected chi connectivity index (χ3v) is 6.40. The molecule has 0 spiro atoms. The number of rotatable bonds is 10. The number of H-pyrrole nitrogens is 1. The molecule has 6 heteroatoms. The average molecular weight is 472 g/mol. The van der Waals surface area contributed by atoms with Crippen molar-refractivity contribution >= 4 is 29.0 Å². The second-order valence-electron chi connectivity index (χ2n) is 8.42. The molecular formula is C28H29N3O2S. The van der Waals surface area contributed by atoms with Crippen LogP contribution >= 0.6 is 12.2 Å². The van der Waals surface area contributed by atoms with E-state index < -0.39 is 0 Å². The molecule has 34 heavy (non-hydrogen) atoms. The third-order valence-electron chi connectivity index (χ3n) is 6.08. The molecule has 0 fully saturated rings. The van der Waals surface area contributed by atoms with Crippen LogP contribution in [-0.4, -0.2) is 22.0 Å². The van der Waals surface area contributed by atoms with Gasteiger partial charge in [-0.1, -0.05) is 79.2 Å². The summed E-state index contributed by atoms with van der Waals surface area (Å²) in [6, 6.07) is 27.9. The molecule has 5 nitrogen and oxygen atoms in total. The minimum Gasteiger partial charge on any atom is -0.355 e. The number of aromatic nitrogens is 2. The van der Waals surface area contributed by atoms with Gasteiger partial charge < -0.3 is 10.3 Å². The normalized spacial score (nSPS) is 11.1. The van der Waals surface area contributed by atoms with Crippen LogP contribution < -0.4 is 10.9 Å². The monoisotopic (exact) mass is 471 g/mol. The Morgan fingerprint density at radius 3 is 2.15 bits per heavy atom. The first-order valence-electron chi connectivity index (χ1n) is 11.7. The van der Waals surface area contributed by atoms with Crippen LogP contribution in [-0.2, 0) is 11.3 Å². The maximum absolute atomic E-state index is 12.7. The number of carbonyl (C=O) groups excluding carboxylic acids is 1. The molecule has 0 radical (unpaired) electrons. The van der Waals surface area contributed by atoms with Gasteiger partial charge in [-0.15, -0.1) is 0 Å². The minimum atomic E-state index is -0.0649. The molecule has 0 aliphatic heterocycles. The summed E-state index contributed by atoms with van der Waals surface area (Å²) in [5, 5.41) is 3.75. The van der Waals surface area contributed by atoms with Crippen molar-refractivity contribution in [1.82, 2.24) is 14.9 Å². The predicted molar refractivity (Wildman–Crippen MR) is 140 cm³/mol. The van der Waals surface area contributed by atoms with Gasteiger partial charge in [-0.25, -0.2) is 0 Å². The SMILES string of the molecule is O=C(CCCCCn1c(=S)[nH]c2ccccc2c1=O)NCC(c1ccccc1)c1ccccc1. The standard InChI is InChI=1S/C28H29N3O2S/c32-26(29-20-24(21-12-4-1-5-13-21)22-14-6-2-7-15-22)18-8-3-11-19-31-27(33)23-16-9-10-17-25(23)30-28(31)34/h1-2,4-7,9-10,12-17,24H,3,8,11,18-20H2,(H,29,32)(H,30,34). The zero-order valence-corrected chi connectivity index (χ0v) is 19.9. The molecular weight excluding hydrogens is 442 g/mol. The fourth-order valence-corrected chi connectivity index (χ4v) is 4.52. The van der Waals surface area contributed by atoms with Crippen molar-refractivity contribution in [2.24, 2.45) is 0 Å². The van der Waals surface area contributed by atoms with Gasteiger partial charge in [0.25, 0.3) is 5.56 Å². The number of aromatic amines is 1. The van der Waals surface area contributed by atoms with E-state index in [1.54, 1.807) is 4.57 Å². The number of hydrogen-bond acceptors (Lipinski definition) is 3. The second kappa shape index (κ2) is 11.6. The molecule has 0 saturated heterocycles. The summed E-state index contributed by atoms with van der Waals surface area (Å²) in [4.78, 5) is 28.4. The fourth-order valence-electron chi connectivity index (χ4n) is 4.24. The molecule has 4 rings (SSSR count). The first-order valence-corrected chi connectivity index (χ1v) is 12.1. The highest BCUT2D eigenvalue weighted by Crippen LogP contribution is 2.23. The minimum absolute atomic E-state index is 0.0528. The molecule has 0 saturated carbocycles. The van der Waals surface area contributed by atoms with Gasteiger partial charge in [-0.05, 0) is 48.3 Å². The number of nitrogens with zero attached hydrogens (tertiary/aromatic N) is 1. The van der Waals surface area contributed by atoms with E-state index in [1.807, 2.05) is 60.7 Å². The van der Waals surface area contributed by atoms with E-state index in [2.05, 4.69) is 34.6 Å². The number of hydrogen-bond donors (Lipinski definition) is 2. The van der Waals surface area contributed by atoms with Gasteiger partial charge in [0.1, 0.15) is 0 Å². The summed E-state index contributed by atoms with van der Waals surface area (Å²) < 4.78 is 2.05. The Labute approximate surface area is 204 Å². The molecule has 0 atom stereocenters. The van der Waals surface area contributed by atoms with Crippen molar-refractivity contribution in [2.45, 2.75) is 38.1 Å². The second-order valence-corrected chi connectivity index (χ2v) is 8.81. The number of nitrogens with one attached hydrogen (secondary N) is 2. The lowest BCUT2D eigenvalue weighted by molar-refractivity contribution is -0.121. The summed E-state index contributed by atoms with van der Waals surface area (Å²) in [6.07, 6.45) is 2.88. The van der Waals surface area contributed by atoms with E-state index >= 15 is 0 Å². The van der Waals surface area contributed by atoms with E-state index in [0.717, 1.165) is 24.8 Å². The summed E-state index contributed by atoms with van der Waals surface area (Å²) >= 11 is 5.37. The van der Waals surface area contributed by atoms with Crippen LogP contribution in [0.15, 0.2) is 89.7 Å². The number of amides is 1. The maximum Gasteiger partial charge on any atom is 0.262 e. The lowest BCUT2D eigenvalue weighted by Crippen LogP contribution is -2.28. The summed E-state index contributed by atoms with van der Waals surface area (Å²) in [6.45, 7) is 1.11. The Balaban J connectivity index is 1.26. The van der Waals surface area contributed by atoms with Crippen molar-refractivity contribution in [3.05, 3.63) is 111 Å². The van der Waals surface area contributed by atoms with E-state index in [4.69, 9.17) is 12.2 Å². The van der Waals surface area contributed by atoms with Crippen molar-refractivity contribution in [3.8, 4) is 0 Å². The molecule has 2 N–H and O–H groups in total. The number of fused-ring (bicyclic) bond motifs is 1. The van der Waals surface area contributed by atoms with Crippen molar-refractivity contribution in [3.63, 3.8) is 0 Å². The molecule has 174 valence electrons. The summed E-state index contributed by atoms with van der Waals surface area (Å²) in [5.74, 6) is 0.171. The van der Waals surface area contributed by atoms with Crippen LogP contribution in [0, 0.1) is 4.77 Å². The Hall–Kier alpha value is -3.51. The topological polar surface area (TPSA) is 66.9 Å². The molecule has 0 aliphatic carbocycles. The molecule has 4 aromatic rings. The molecule has 1 amide bonds. The van der Waals surface area contributed by atoms with Crippen LogP contribution in [0.3, 0.4) is 0 Å². The average Bonchev–Trinajstić information content (AvgIpc) is 2.87. The van der Waals surface area contributed by atoms with Gasteiger partial charge in [0.2, 0.25) is 5.91 Å². The van der Waals surface area contributed by atoms with Crippen molar-refractivity contribution in [2.75, 3.05) is 6.54 Å². The largest absolute Gasteiger partial charge is 0.355 e. The first-order chi connectivity index (χ1) is 16.6. The predicted octanol–water partition coefficient (Wildman–Crippen LogP) is 5.57. The highest BCUT2D eigenvalue weighted by Gasteiger charge is 2.15.